The number of anilines is 1. The summed E-state index contributed by atoms with van der Waals surface area (Å²) in [5.41, 5.74) is 8.93. The van der Waals surface area contributed by atoms with E-state index in [1.807, 2.05) is 29.2 Å². The average Bonchev–Trinajstić information content (AvgIpc) is 3.41. The van der Waals surface area contributed by atoms with Gasteiger partial charge in [0.15, 0.2) is 0 Å². The predicted molar refractivity (Wildman–Crippen MR) is 117 cm³/mol. The van der Waals surface area contributed by atoms with Crippen molar-refractivity contribution in [3.63, 3.8) is 0 Å². The Morgan fingerprint density at radius 2 is 2.00 bits per heavy atom. The zero-order valence-electron chi connectivity index (χ0n) is 17.1. The molecule has 0 spiro atoms. The topological polar surface area (TPSA) is 124 Å². The molecule has 1 fully saturated rings. The number of benzene rings is 2. The normalized spacial score (nSPS) is 16.8. The molecule has 12 heteroatoms. The Labute approximate surface area is 191 Å². The number of nitrogens with one attached hydrogen (secondary N) is 2. The Balaban J connectivity index is 0.000000383. The molecule has 1 aliphatic heterocycles. The lowest BCUT2D eigenvalue weighted by molar-refractivity contribution is -0.192. The zero-order chi connectivity index (χ0) is 24.2. The lowest BCUT2D eigenvalue weighted by Crippen LogP contribution is -2.38. The van der Waals surface area contributed by atoms with Crippen LogP contribution >= 0.6 is 11.6 Å². The van der Waals surface area contributed by atoms with Crippen LogP contribution < -0.4 is 11.1 Å². The quantitative estimate of drug-likeness (QED) is 0.450. The number of H-pyrrole nitrogens is 1. The third-order valence-corrected chi connectivity index (χ3v) is 5.26. The first-order valence-corrected chi connectivity index (χ1v) is 10.2. The van der Waals surface area contributed by atoms with Gasteiger partial charge in [0, 0.05) is 35.2 Å². The summed E-state index contributed by atoms with van der Waals surface area (Å²) in [4.78, 5) is 23.4. The first-order valence-electron chi connectivity index (χ1n) is 9.84. The number of carboxylic acid groups (broad SMARTS) is 1. The van der Waals surface area contributed by atoms with E-state index in [0.717, 1.165) is 28.6 Å². The monoisotopic (exact) mass is 483 g/mol. The first kappa shape index (κ1) is 24.3. The first-order chi connectivity index (χ1) is 15.5. The summed E-state index contributed by atoms with van der Waals surface area (Å²) >= 11 is 6.00. The van der Waals surface area contributed by atoms with Crippen LogP contribution in [0, 0.1) is 0 Å². The molecular formula is C21H21ClF3N5O3. The molecule has 33 heavy (non-hydrogen) atoms. The number of rotatable bonds is 4. The second-order valence-corrected chi connectivity index (χ2v) is 7.86. The summed E-state index contributed by atoms with van der Waals surface area (Å²) in [6.07, 6.45) is -2.40. The highest BCUT2D eigenvalue weighted by Crippen LogP contribution is 2.23. The fourth-order valence-corrected chi connectivity index (χ4v) is 3.58. The van der Waals surface area contributed by atoms with E-state index >= 15 is 0 Å². The van der Waals surface area contributed by atoms with Crippen molar-refractivity contribution in [1.29, 1.82) is 0 Å². The van der Waals surface area contributed by atoms with Gasteiger partial charge in [0.2, 0.25) is 5.91 Å². The van der Waals surface area contributed by atoms with E-state index in [2.05, 4.69) is 21.6 Å². The van der Waals surface area contributed by atoms with E-state index in [1.165, 1.54) is 0 Å². The van der Waals surface area contributed by atoms with E-state index in [0.29, 0.717) is 18.1 Å². The Morgan fingerprint density at radius 1 is 1.27 bits per heavy atom. The third kappa shape index (κ3) is 6.36. The van der Waals surface area contributed by atoms with Gasteiger partial charge in [-0.05, 0) is 42.3 Å². The van der Waals surface area contributed by atoms with Crippen molar-refractivity contribution < 1.29 is 27.9 Å². The van der Waals surface area contributed by atoms with Crippen molar-refractivity contribution in [3.8, 4) is 0 Å². The van der Waals surface area contributed by atoms with Crippen LogP contribution in [0.2, 0.25) is 5.02 Å². The molecule has 0 aliphatic carbocycles. The number of nitrogens with two attached hydrogens (primary N) is 1. The van der Waals surface area contributed by atoms with E-state index < -0.39 is 18.2 Å². The molecule has 1 saturated heterocycles. The molecule has 176 valence electrons. The Bertz CT molecular complexity index is 1140. The van der Waals surface area contributed by atoms with Gasteiger partial charge >= 0.3 is 12.1 Å². The maximum Gasteiger partial charge on any atom is 0.490 e. The van der Waals surface area contributed by atoms with E-state index in [-0.39, 0.29) is 11.9 Å². The standard InChI is InChI=1S/C19H20ClN5O.C2HF3O2/c20-14-3-1-2-12(8-14)18(21)19(26)25-7-6-16(11-25)23-15-4-5-17-13(9-15)10-22-24-17;3-2(4,5)1(6)7/h1-5,8-10,16,18,23H,6-7,11,21H2,(H,22,24);(H,6,7). The number of carbonyl (C=O) groups excluding carboxylic acids is 1. The number of amides is 1. The van der Waals surface area contributed by atoms with Crippen molar-refractivity contribution >= 4 is 40.1 Å². The van der Waals surface area contributed by atoms with Crippen molar-refractivity contribution in [3.05, 3.63) is 59.2 Å². The van der Waals surface area contributed by atoms with Crippen LogP contribution in [0.4, 0.5) is 18.9 Å². The summed E-state index contributed by atoms with van der Waals surface area (Å²) in [6.45, 7) is 1.33. The molecule has 0 radical (unpaired) electrons. The van der Waals surface area contributed by atoms with Gasteiger partial charge in [0.25, 0.3) is 0 Å². The minimum atomic E-state index is -5.08. The third-order valence-electron chi connectivity index (χ3n) is 5.03. The fraction of sp³-hybridized carbons (Fsp3) is 0.286. The zero-order valence-corrected chi connectivity index (χ0v) is 17.9. The molecular weight excluding hydrogens is 463 g/mol. The Morgan fingerprint density at radius 3 is 2.67 bits per heavy atom. The summed E-state index contributed by atoms with van der Waals surface area (Å²) < 4.78 is 31.7. The van der Waals surface area contributed by atoms with E-state index in [1.54, 1.807) is 18.3 Å². The molecule has 5 N–H and O–H groups in total. The van der Waals surface area contributed by atoms with Crippen LogP contribution in [0.1, 0.15) is 18.0 Å². The van der Waals surface area contributed by atoms with Gasteiger partial charge in [0.1, 0.15) is 6.04 Å². The molecule has 1 aromatic heterocycles. The highest BCUT2D eigenvalue weighted by molar-refractivity contribution is 6.30. The maximum atomic E-state index is 12.7. The lowest BCUT2D eigenvalue weighted by Gasteiger charge is -2.22. The Hall–Kier alpha value is -3.31. The van der Waals surface area contributed by atoms with Gasteiger partial charge in [-0.25, -0.2) is 4.79 Å². The molecule has 3 aromatic rings. The van der Waals surface area contributed by atoms with Crippen molar-refractivity contribution in [2.24, 2.45) is 5.73 Å². The van der Waals surface area contributed by atoms with E-state index in [4.69, 9.17) is 27.2 Å². The van der Waals surface area contributed by atoms with Gasteiger partial charge in [-0.15, -0.1) is 0 Å². The van der Waals surface area contributed by atoms with Crippen molar-refractivity contribution in [1.82, 2.24) is 15.1 Å². The van der Waals surface area contributed by atoms with Crippen molar-refractivity contribution in [2.45, 2.75) is 24.7 Å². The largest absolute Gasteiger partial charge is 0.490 e. The summed E-state index contributed by atoms with van der Waals surface area (Å²) in [7, 11) is 0. The van der Waals surface area contributed by atoms with E-state index in [9.17, 15) is 18.0 Å². The van der Waals surface area contributed by atoms with Crippen LogP contribution in [0.15, 0.2) is 48.7 Å². The molecule has 4 rings (SSSR count). The number of fused-ring (bicyclic) bond motifs is 1. The van der Waals surface area contributed by atoms with Crippen LogP contribution in [-0.4, -0.2) is 57.4 Å². The van der Waals surface area contributed by atoms with Gasteiger partial charge in [-0.2, -0.15) is 18.3 Å². The molecule has 8 nitrogen and oxygen atoms in total. The number of hydrogen-bond acceptors (Lipinski definition) is 5. The molecule has 1 aliphatic rings. The molecule has 2 aromatic carbocycles. The van der Waals surface area contributed by atoms with Crippen LogP contribution in [0.25, 0.3) is 10.9 Å². The number of aliphatic carboxylic acids is 1. The number of aromatic amines is 1. The number of carboxylic acids is 1. The minimum Gasteiger partial charge on any atom is -0.475 e. The number of nitrogens with zero attached hydrogens (tertiary/aromatic N) is 2. The SMILES string of the molecule is NC(C(=O)N1CCC(Nc2ccc3[nH]ncc3c2)C1)c1cccc(Cl)c1.O=C(O)C(F)(F)F. The second kappa shape index (κ2) is 10.1. The summed E-state index contributed by atoms with van der Waals surface area (Å²) in [5.74, 6) is -2.82. The van der Waals surface area contributed by atoms with Crippen molar-refractivity contribution in [2.75, 3.05) is 18.4 Å². The average molecular weight is 484 g/mol. The smallest absolute Gasteiger partial charge is 0.475 e. The number of likely N-dealkylation sites (tertiary alicyclic amines) is 1. The number of hydrogen-bond donors (Lipinski definition) is 4. The number of aromatic nitrogens is 2. The van der Waals surface area contributed by atoms with Gasteiger partial charge < -0.3 is 21.1 Å². The van der Waals surface area contributed by atoms with Crippen LogP contribution in [0.3, 0.4) is 0 Å². The number of alkyl halides is 3. The van der Waals surface area contributed by atoms with Crippen LogP contribution in [0.5, 0.6) is 0 Å². The summed E-state index contributed by atoms with van der Waals surface area (Å²) in [6, 6.07) is 12.8. The highest BCUT2D eigenvalue weighted by atomic mass is 35.5. The number of halogens is 4. The minimum absolute atomic E-state index is 0.0677. The second-order valence-electron chi connectivity index (χ2n) is 7.42. The fourth-order valence-electron chi connectivity index (χ4n) is 3.39. The van der Waals surface area contributed by atoms with Gasteiger partial charge in [-0.1, -0.05) is 23.7 Å². The molecule has 1 amide bonds. The molecule has 2 atom stereocenters. The van der Waals surface area contributed by atoms with Gasteiger partial charge in [-0.3, -0.25) is 9.89 Å². The predicted octanol–water partition coefficient (Wildman–Crippen LogP) is 3.56. The molecule has 2 unspecified atom stereocenters. The molecule has 0 bridgehead atoms. The maximum absolute atomic E-state index is 12.7. The van der Waals surface area contributed by atoms with Crippen LogP contribution in [-0.2, 0) is 9.59 Å². The molecule has 0 saturated carbocycles. The lowest BCUT2D eigenvalue weighted by atomic mass is 10.1. The summed E-state index contributed by atoms with van der Waals surface area (Å²) in [5, 5.41) is 19.2. The highest BCUT2D eigenvalue weighted by Gasteiger charge is 2.38. The number of carbonyl (C=O) groups is 2. The molecule has 2 heterocycles. The Kier molecular flexibility index (Phi) is 7.44. The van der Waals surface area contributed by atoms with Gasteiger partial charge in [0.05, 0.1) is 11.7 Å².